The van der Waals surface area contributed by atoms with Crippen molar-refractivity contribution in [1.29, 1.82) is 0 Å². The molecule has 2 aromatic rings. The van der Waals surface area contributed by atoms with Gasteiger partial charge in [-0.2, -0.15) is 0 Å². The number of anilines is 1. The predicted molar refractivity (Wildman–Crippen MR) is 97.3 cm³/mol. The van der Waals surface area contributed by atoms with Gasteiger partial charge in [0.15, 0.2) is 0 Å². The van der Waals surface area contributed by atoms with Crippen LogP contribution < -0.4 is 4.72 Å². The largest absolute Gasteiger partial charge is 0.478 e. The molecule has 0 heterocycles. The molecule has 2 N–H and O–H groups in total. The van der Waals surface area contributed by atoms with Crippen molar-refractivity contribution in [2.24, 2.45) is 0 Å². The second-order valence-electron chi connectivity index (χ2n) is 5.78. The number of rotatable bonds is 3. The van der Waals surface area contributed by atoms with Gasteiger partial charge in [-0.05, 0) is 62.6 Å². The highest BCUT2D eigenvalue weighted by atomic mass is 32.2. The van der Waals surface area contributed by atoms with E-state index in [-0.39, 0.29) is 11.3 Å². The molecule has 0 aliphatic carbocycles. The maximum absolute atomic E-state index is 10.8. The number of benzene rings is 2. The zero-order chi connectivity index (χ0) is 18.5. The fourth-order valence-electron chi connectivity index (χ4n) is 2.18. The van der Waals surface area contributed by atoms with Crippen LogP contribution in [0.1, 0.15) is 32.6 Å². The van der Waals surface area contributed by atoms with Crippen molar-refractivity contribution in [2.75, 3.05) is 11.0 Å². The Morgan fingerprint density at radius 1 is 1.00 bits per heavy atom. The SMILES string of the molecule is CS(=O)(=O)Nc1cccc(C(=O)O)c1.Cc1cc(C)c(C)c(C)c1. The molecule has 0 atom stereocenters. The van der Waals surface area contributed by atoms with Crippen LogP contribution in [0.25, 0.3) is 0 Å². The van der Waals surface area contributed by atoms with E-state index in [4.69, 9.17) is 5.11 Å². The number of carboxylic acids is 1. The fraction of sp³-hybridized carbons (Fsp3) is 0.278. The summed E-state index contributed by atoms with van der Waals surface area (Å²) in [4.78, 5) is 10.5. The van der Waals surface area contributed by atoms with Crippen molar-refractivity contribution in [2.45, 2.75) is 27.7 Å². The van der Waals surface area contributed by atoms with Crippen LogP contribution in [-0.4, -0.2) is 25.7 Å². The summed E-state index contributed by atoms with van der Waals surface area (Å²) in [7, 11) is -3.36. The van der Waals surface area contributed by atoms with Crippen LogP contribution in [0.5, 0.6) is 0 Å². The minimum Gasteiger partial charge on any atom is -0.478 e. The molecule has 6 heteroatoms. The van der Waals surface area contributed by atoms with E-state index in [1.807, 2.05) is 0 Å². The van der Waals surface area contributed by atoms with Crippen molar-refractivity contribution < 1.29 is 18.3 Å². The van der Waals surface area contributed by atoms with Crippen LogP contribution in [0.2, 0.25) is 0 Å². The van der Waals surface area contributed by atoms with Crippen molar-refractivity contribution in [1.82, 2.24) is 0 Å². The molecule has 0 aromatic heterocycles. The Bertz CT molecular complexity index is 819. The topological polar surface area (TPSA) is 83.5 Å². The first kappa shape index (κ1) is 19.7. The summed E-state index contributed by atoms with van der Waals surface area (Å²) in [6, 6.07) is 10.0. The molecular formula is C18H23NO4S. The third kappa shape index (κ3) is 6.42. The molecule has 0 saturated carbocycles. The molecular weight excluding hydrogens is 326 g/mol. The zero-order valence-corrected chi connectivity index (χ0v) is 15.4. The smallest absolute Gasteiger partial charge is 0.335 e. The van der Waals surface area contributed by atoms with E-state index in [1.165, 1.54) is 46.5 Å². The van der Waals surface area contributed by atoms with Gasteiger partial charge in [0.25, 0.3) is 0 Å². The Labute approximate surface area is 143 Å². The number of carboxylic acid groups (broad SMARTS) is 1. The lowest BCUT2D eigenvalue weighted by molar-refractivity contribution is 0.0697. The van der Waals surface area contributed by atoms with Crippen molar-refractivity contribution in [3.8, 4) is 0 Å². The van der Waals surface area contributed by atoms with E-state index in [2.05, 4.69) is 44.5 Å². The molecule has 0 fully saturated rings. The van der Waals surface area contributed by atoms with Gasteiger partial charge >= 0.3 is 5.97 Å². The fourth-order valence-corrected chi connectivity index (χ4v) is 2.74. The number of carbonyl (C=O) groups is 1. The number of hydrogen-bond donors (Lipinski definition) is 2. The first-order valence-electron chi connectivity index (χ1n) is 7.35. The Morgan fingerprint density at radius 2 is 1.54 bits per heavy atom. The maximum Gasteiger partial charge on any atom is 0.335 e. The highest BCUT2D eigenvalue weighted by Crippen LogP contribution is 2.14. The normalized spacial score (nSPS) is 10.5. The third-order valence-corrected chi connectivity index (χ3v) is 4.09. The summed E-state index contributed by atoms with van der Waals surface area (Å²) in [5.41, 5.74) is 5.87. The quantitative estimate of drug-likeness (QED) is 0.885. The van der Waals surface area contributed by atoms with Crippen LogP contribution in [0.4, 0.5) is 5.69 Å². The van der Waals surface area contributed by atoms with Crippen LogP contribution >= 0.6 is 0 Å². The van der Waals surface area contributed by atoms with Gasteiger partial charge in [0.2, 0.25) is 10.0 Å². The Morgan fingerprint density at radius 3 is 2.00 bits per heavy atom. The van der Waals surface area contributed by atoms with Gasteiger partial charge in [-0.15, -0.1) is 0 Å². The van der Waals surface area contributed by atoms with Crippen LogP contribution in [0.15, 0.2) is 36.4 Å². The van der Waals surface area contributed by atoms with Gasteiger partial charge in [-0.1, -0.05) is 23.8 Å². The van der Waals surface area contributed by atoms with E-state index < -0.39 is 16.0 Å². The Hall–Kier alpha value is -2.34. The monoisotopic (exact) mass is 349 g/mol. The number of aryl methyl sites for hydroxylation is 3. The molecule has 0 unspecified atom stereocenters. The van der Waals surface area contributed by atoms with Crippen LogP contribution in [0, 0.1) is 27.7 Å². The van der Waals surface area contributed by atoms with E-state index in [1.54, 1.807) is 0 Å². The highest BCUT2D eigenvalue weighted by Gasteiger charge is 2.05. The van der Waals surface area contributed by atoms with Gasteiger partial charge in [-0.25, -0.2) is 13.2 Å². The Balaban J connectivity index is 0.000000254. The third-order valence-electron chi connectivity index (χ3n) is 3.48. The van der Waals surface area contributed by atoms with Gasteiger partial charge in [0.1, 0.15) is 0 Å². The average molecular weight is 349 g/mol. The van der Waals surface area contributed by atoms with E-state index in [0.717, 1.165) is 6.26 Å². The summed E-state index contributed by atoms with van der Waals surface area (Å²) in [5, 5.41) is 8.63. The minimum absolute atomic E-state index is 0.0404. The highest BCUT2D eigenvalue weighted by molar-refractivity contribution is 7.92. The van der Waals surface area contributed by atoms with E-state index in [9.17, 15) is 13.2 Å². The summed E-state index contributed by atoms with van der Waals surface area (Å²) in [5.74, 6) is -1.10. The standard InChI is InChI=1S/C10H14.C8H9NO4S/c1-7-5-8(2)10(4)9(3)6-7;1-14(12,13)9-7-4-2-3-6(5-7)8(10)11/h5-6H,1-4H3;2-5,9H,1H3,(H,10,11). The predicted octanol–water partition coefficient (Wildman–Crippen LogP) is 3.68. The summed E-state index contributed by atoms with van der Waals surface area (Å²) < 4.78 is 23.8. The summed E-state index contributed by atoms with van der Waals surface area (Å²) in [6.07, 6.45) is 1.00. The molecule has 0 amide bonds. The minimum atomic E-state index is -3.36. The number of sulfonamides is 1. The van der Waals surface area contributed by atoms with Crippen LogP contribution in [0.3, 0.4) is 0 Å². The maximum atomic E-state index is 10.8. The molecule has 130 valence electrons. The molecule has 0 aliphatic rings. The zero-order valence-electron chi connectivity index (χ0n) is 14.5. The van der Waals surface area contributed by atoms with Gasteiger partial charge < -0.3 is 5.11 Å². The molecule has 24 heavy (non-hydrogen) atoms. The Kier molecular flexibility index (Phi) is 6.54. The molecule has 0 aliphatic heterocycles. The lowest BCUT2D eigenvalue weighted by Gasteiger charge is -2.04. The van der Waals surface area contributed by atoms with Crippen LogP contribution in [-0.2, 0) is 10.0 Å². The molecule has 0 spiro atoms. The van der Waals surface area contributed by atoms with E-state index >= 15 is 0 Å². The second-order valence-corrected chi connectivity index (χ2v) is 7.53. The van der Waals surface area contributed by atoms with Gasteiger partial charge in [0, 0.05) is 5.69 Å². The van der Waals surface area contributed by atoms with E-state index in [0.29, 0.717) is 0 Å². The first-order valence-corrected chi connectivity index (χ1v) is 9.24. The number of hydrogen-bond acceptors (Lipinski definition) is 3. The number of aromatic carboxylic acids is 1. The molecule has 5 nitrogen and oxygen atoms in total. The molecule has 2 aromatic carbocycles. The van der Waals surface area contributed by atoms with Crippen molar-refractivity contribution in [3.63, 3.8) is 0 Å². The average Bonchev–Trinajstić information content (AvgIpc) is 2.43. The van der Waals surface area contributed by atoms with Gasteiger partial charge in [-0.3, -0.25) is 4.72 Å². The molecule has 0 bridgehead atoms. The molecule has 0 radical (unpaired) electrons. The van der Waals surface area contributed by atoms with Crippen molar-refractivity contribution in [3.05, 3.63) is 64.2 Å². The molecule has 2 rings (SSSR count). The summed E-state index contributed by atoms with van der Waals surface area (Å²) >= 11 is 0. The first-order chi connectivity index (χ1) is 11.0. The lowest BCUT2D eigenvalue weighted by atomic mass is 10.0. The lowest BCUT2D eigenvalue weighted by Crippen LogP contribution is -2.10. The number of nitrogens with one attached hydrogen (secondary N) is 1. The molecule has 0 saturated heterocycles. The van der Waals surface area contributed by atoms with Gasteiger partial charge in [0.05, 0.1) is 11.8 Å². The summed E-state index contributed by atoms with van der Waals surface area (Å²) in [6.45, 7) is 8.63. The van der Waals surface area contributed by atoms with Crippen molar-refractivity contribution >= 4 is 21.7 Å². The second kappa shape index (κ2) is 7.97.